The Labute approximate surface area is 358 Å². The van der Waals surface area contributed by atoms with Crippen LogP contribution in [0, 0.1) is 0 Å². The molecular formula is C48H82NO9P. The van der Waals surface area contributed by atoms with Gasteiger partial charge in [0, 0.05) is 13.0 Å². The van der Waals surface area contributed by atoms with Gasteiger partial charge in [0.05, 0.1) is 19.8 Å². The lowest BCUT2D eigenvalue weighted by molar-refractivity contribution is -0.154. The highest BCUT2D eigenvalue weighted by Crippen LogP contribution is 2.43. The minimum atomic E-state index is -4.64. The van der Waals surface area contributed by atoms with Gasteiger partial charge in [-0.25, -0.2) is 4.57 Å². The standard InChI is InChI=1S/C48H82NO9P/c1-3-5-7-9-11-13-15-17-19-21-22-23-24-25-26-28-30-32-34-36-38-40-47(50)58-45(43-56-59(53,54)57-44-46(49)48(51)52)42-55-41-39-37-35-33-31-29-27-20-18-16-14-12-10-8-6-4-2/h5,7,11,13,17-20,22-23,25-26,30,32,45-46H,3-4,6,8-10,12,14-16,21,24,27-29,31,33-44,49H2,1-2H3,(H,51,52)(H,53,54)/b7-5-,13-11-,19-17-,20-18-,23-22-,26-25-,32-30-. The second-order valence-corrected chi connectivity index (χ2v) is 16.2. The molecule has 0 aliphatic rings. The van der Waals surface area contributed by atoms with Crippen LogP contribution in [0.2, 0.25) is 0 Å². The number of unbranched alkanes of at least 4 members (excludes halogenated alkanes) is 14. The van der Waals surface area contributed by atoms with E-state index in [-0.39, 0.29) is 13.0 Å². The summed E-state index contributed by atoms with van der Waals surface area (Å²) in [6, 6.07) is -1.49. The number of allylic oxidation sites excluding steroid dienone is 14. The average Bonchev–Trinajstić information content (AvgIpc) is 3.21. The van der Waals surface area contributed by atoms with Crippen molar-refractivity contribution in [2.24, 2.45) is 5.73 Å². The van der Waals surface area contributed by atoms with E-state index in [0.29, 0.717) is 13.0 Å². The predicted molar refractivity (Wildman–Crippen MR) is 244 cm³/mol. The molecular weight excluding hydrogens is 766 g/mol. The summed E-state index contributed by atoms with van der Waals surface area (Å²) in [5, 5.41) is 8.90. The van der Waals surface area contributed by atoms with Crippen molar-refractivity contribution < 1.29 is 42.7 Å². The molecule has 59 heavy (non-hydrogen) atoms. The fourth-order valence-corrected chi connectivity index (χ4v) is 6.44. The molecule has 0 aliphatic carbocycles. The Balaban J connectivity index is 4.35. The summed E-state index contributed by atoms with van der Waals surface area (Å²) < 4.78 is 33.3. The monoisotopic (exact) mass is 848 g/mol. The first-order chi connectivity index (χ1) is 28.7. The predicted octanol–water partition coefficient (Wildman–Crippen LogP) is 12.8. The van der Waals surface area contributed by atoms with Gasteiger partial charge in [-0.3, -0.25) is 18.6 Å². The van der Waals surface area contributed by atoms with Crippen molar-refractivity contribution >= 4 is 19.8 Å². The zero-order chi connectivity index (χ0) is 43.3. The fraction of sp³-hybridized carbons (Fsp3) is 0.667. The molecule has 0 amide bonds. The second kappa shape index (κ2) is 43.2. The lowest BCUT2D eigenvalue weighted by Gasteiger charge is -2.20. The number of phosphoric ester groups is 1. The Morgan fingerprint density at radius 1 is 0.559 bits per heavy atom. The maximum absolute atomic E-state index is 12.6. The molecule has 0 rings (SSSR count). The topological polar surface area (TPSA) is 155 Å². The van der Waals surface area contributed by atoms with Gasteiger partial charge in [-0.1, -0.05) is 157 Å². The zero-order valence-corrected chi connectivity index (χ0v) is 37.7. The van der Waals surface area contributed by atoms with Gasteiger partial charge >= 0.3 is 19.8 Å². The van der Waals surface area contributed by atoms with E-state index in [1.54, 1.807) is 0 Å². The van der Waals surface area contributed by atoms with Crippen LogP contribution in [0.5, 0.6) is 0 Å². The maximum atomic E-state index is 12.6. The number of rotatable bonds is 42. The summed E-state index contributed by atoms with van der Waals surface area (Å²) in [7, 11) is -4.64. The first-order valence-corrected chi connectivity index (χ1v) is 24.1. The number of hydrogen-bond acceptors (Lipinski definition) is 8. The van der Waals surface area contributed by atoms with Crippen molar-refractivity contribution in [2.45, 2.75) is 180 Å². The molecule has 0 fully saturated rings. The van der Waals surface area contributed by atoms with Gasteiger partial charge in [0.15, 0.2) is 0 Å². The molecule has 0 heterocycles. The van der Waals surface area contributed by atoms with Crippen molar-refractivity contribution in [3.8, 4) is 0 Å². The molecule has 3 unspecified atom stereocenters. The van der Waals surface area contributed by atoms with E-state index in [9.17, 15) is 19.0 Å². The van der Waals surface area contributed by atoms with Crippen LogP contribution >= 0.6 is 7.82 Å². The molecule has 0 saturated carbocycles. The van der Waals surface area contributed by atoms with Crippen molar-refractivity contribution in [2.75, 3.05) is 26.4 Å². The van der Waals surface area contributed by atoms with Crippen LogP contribution in [0.4, 0.5) is 0 Å². The number of esters is 1. The van der Waals surface area contributed by atoms with E-state index in [1.807, 2.05) is 0 Å². The first kappa shape index (κ1) is 56.1. The van der Waals surface area contributed by atoms with E-state index in [2.05, 4.69) is 98.9 Å². The normalized spacial score (nSPS) is 14.6. The van der Waals surface area contributed by atoms with Crippen molar-refractivity contribution in [3.63, 3.8) is 0 Å². The van der Waals surface area contributed by atoms with E-state index in [1.165, 1.54) is 64.2 Å². The third kappa shape index (κ3) is 43.1. The summed E-state index contributed by atoms with van der Waals surface area (Å²) in [4.78, 5) is 33.6. The molecule has 0 spiro atoms. The first-order valence-electron chi connectivity index (χ1n) is 22.6. The van der Waals surface area contributed by atoms with Crippen LogP contribution in [-0.4, -0.2) is 60.5 Å². The quantitative estimate of drug-likeness (QED) is 0.0234. The molecule has 0 radical (unpaired) electrons. The lowest BCUT2D eigenvalue weighted by Crippen LogP contribution is -2.34. The Bertz CT molecular complexity index is 1260. The highest BCUT2D eigenvalue weighted by Gasteiger charge is 2.27. The number of carboxylic acids is 1. The molecule has 0 aliphatic heterocycles. The van der Waals surface area contributed by atoms with Gasteiger partial charge in [-0.2, -0.15) is 0 Å². The highest BCUT2D eigenvalue weighted by atomic mass is 31.2. The van der Waals surface area contributed by atoms with Gasteiger partial charge in [-0.15, -0.1) is 0 Å². The van der Waals surface area contributed by atoms with Gasteiger partial charge in [0.25, 0.3) is 0 Å². The minimum Gasteiger partial charge on any atom is -0.480 e. The number of carbonyl (C=O) groups excluding carboxylic acids is 1. The minimum absolute atomic E-state index is 0.00993. The summed E-state index contributed by atoms with van der Waals surface area (Å²) in [5.74, 6) is -1.83. The third-order valence-electron chi connectivity index (χ3n) is 9.16. The van der Waals surface area contributed by atoms with Crippen LogP contribution in [0.1, 0.15) is 168 Å². The largest absolute Gasteiger partial charge is 0.480 e. The van der Waals surface area contributed by atoms with Crippen LogP contribution in [0.25, 0.3) is 0 Å². The SMILES string of the molecule is CC/C=C\C/C=C\C/C=C\C/C=C\C/C=C\C/C=C\CCCCC(=O)OC(COCCCCCCCC/C=C\CCCCCCCC)COP(=O)(O)OCC(N)C(=O)O. The number of hydrogen-bond donors (Lipinski definition) is 3. The Kier molecular flexibility index (Phi) is 41.2. The van der Waals surface area contributed by atoms with E-state index >= 15 is 0 Å². The molecule has 0 aromatic carbocycles. The number of phosphoric acid groups is 1. The highest BCUT2D eigenvalue weighted by molar-refractivity contribution is 7.47. The smallest absolute Gasteiger partial charge is 0.472 e. The summed E-state index contributed by atoms with van der Waals surface area (Å²) in [6.07, 6.45) is 54.9. The average molecular weight is 848 g/mol. The summed E-state index contributed by atoms with van der Waals surface area (Å²) in [5.41, 5.74) is 5.35. The molecule has 338 valence electrons. The van der Waals surface area contributed by atoms with E-state index in [0.717, 1.165) is 77.0 Å². The Morgan fingerprint density at radius 3 is 1.49 bits per heavy atom. The molecule has 11 heteroatoms. The second-order valence-electron chi connectivity index (χ2n) is 14.8. The molecule has 10 nitrogen and oxygen atoms in total. The molecule has 0 saturated heterocycles. The number of ether oxygens (including phenoxy) is 2. The molecule has 3 atom stereocenters. The van der Waals surface area contributed by atoms with Gasteiger partial charge in [-0.05, 0) is 89.9 Å². The number of carbonyl (C=O) groups is 2. The third-order valence-corrected chi connectivity index (χ3v) is 10.1. The number of aliphatic carboxylic acids is 1. The van der Waals surface area contributed by atoms with Crippen molar-refractivity contribution in [3.05, 3.63) is 85.1 Å². The van der Waals surface area contributed by atoms with Crippen LogP contribution in [0.3, 0.4) is 0 Å². The molecule has 0 bridgehead atoms. The van der Waals surface area contributed by atoms with Crippen molar-refractivity contribution in [1.29, 1.82) is 0 Å². The molecule has 4 N–H and O–H groups in total. The van der Waals surface area contributed by atoms with Crippen LogP contribution < -0.4 is 5.73 Å². The van der Waals surface area contributed by atoms with Crippen molar-refractivity contribution in [1.82, 2.24) is 0 Å². The summed E-state index contributed by atoms with van der Waals surface area (Å²) >= 11 is 0. The van der Waals surface area contributed by atoms with E-state index in [4.69, 9.17) is 29.4 Å². The Morgan fingerprint density at radius 2 is 0.983 bits per heavy atom. The van der Waals surface area contributed by atoms with E-state index < -0.39 is 45.1 Å². The van der Waals surface area contributed by atoms with Crippen LogP contribution in [0.15, 0.2) is 85.1 Å². The molecule has 0 aromatic heterocycles. The number of nitrogens with two attached hydrogens (primary N) is 1. The van der Waals surface area contributed by atoms with Gasteiger partial charge in [0.2, 0.25) is 0 Å². The Hall–Kier alpha value is -2.85. The maximum Gasteiger partial charge on any atom is 0.472 e. The fourth-order valence-electron chi connectivity index (χ4n) is 5.66. The molecule has 0 aromatic rings. The van der Waals surface area contributed by atoms with Crippen LogP contribution in [-0.2, 0) is 32.7 Å². The summed E-state index contributed by atoms with van der Waals surface area (Å²) in [6.45, 7) is 3.68. The van der Waals surface area contributed by atoms with Gasteiger partial charge < -0.3 is 25.2 Å². The van der Waals surface area contributed by atoms with Gasteiger partial charge in [0.1, 0.15) is 12.1 Å². The zero-order valence-electron chi connectivity index (χ0n) is 36.8. The lowest BCUT2D eigenvalue weighted by atomic mass is 10.1. The number of carboxylic acid groups (broad SMARTS) is 1.